The quantitative estimate of drug-likeness (QED) is 0.262. The second kappa shape index (κ2) is 9.67. The molecule has 5 atom stereocenters. The summed E-state index contributed by atoms with van der Waals surface area (Å²) in [5, 5.41) is 25.7. The van der Waals surface area contributed by atoms with E-state index < -0.39 is 29.4 Å². The van der Waals surface area contributed by atoms with Crippen molar-refractivity contribution in [2.75, 3.05) is 18.9 Å². The number of hydrogen-bond donors (Lipinski definition) is 3. The molecule has 1 fully saturated rings. The Morgan fingerprint density at radius 1 is 1.16 bits per heavy atom. The lowest BCUT2D eigenvalue weighted by molar-refractivity contribution is -0.137. The van der Waals surface area contributed by atoms with Crippen molar-refractivity contribution in [2.24, 2.45) is 5.92 Å². The molecule has 234 valence electrons. The molecule has 4 aliphatic rings. The number of phenols is 1. The fourth-order valence-electron chi connectivity index (χ4n) is 8.06. The number of aliphatic hydroxyl groups excluding tert-OH is 1. The molecule has 2 aliphatic carbocycles. The largest absolute Gasteiger partial charge is 0.504 e. The van der Waals surface area contributed by atoms with E-state index in [4.69, 9.17) is 14.7 Å². The van der Waals surface area contributed by atoms with Crippen LogP contribution >= 0.6 is 0 Å². The normalized spacial score (nSPS) is 26.8. The van der Waals surface area contributed by atoms with E-state index in [2.05, 4.69) is 28.3 Å². The van der Waals surface area contributed by atoms with Gasteiger partial charge < -0.3 is 29.7 Å². The van der Waals surface area contributed by atoms with Gasteiger partial charge >= 0.3 is 6.18 Å². The molecule has 12 heteroatoms. The third-order valence-electron chi connectivity index (χ3n) is 10.2. The van der Waals surface area contributed by atoms with Crippen LogP contribution in [0.15, 0.2) is 48.8 Å². The molecule has 0 unspecified atom stereocenters. The van der Waals surface area contributed by atoms with E-state index in [1.807, 2.05) is 24.5 Å². The van der Waals surface area contributed by atoms with Gasteiger partial charge in [0.25, 0.3) is 0 Å². The summed E-state index contributed by atoms with van der Waals surface area (Å²) in [5.74, 6) is 1.38. The molecule has 1 saturated heterocycles. The van der Waals surface area contributed by atoms with E-state index in [1.165, 1.54) is 12.1 Å². The first-order valence-corrected chi connectivity index (χ1v) is 15.2. The number of imidazole rings is 1. The summed E-state index contributed by atoms with van der Waals surface area (Å²) in [7, 11) is 2.13. The Hall–Kier alpha value is -4.16. The highest BCUT2D eigenvalue weighted by Crippen LogP contribution is 2.63. The molecule has 9 nitrogen and oxygen atoms in total. The van der Waals surface area contributed by atoms with Crippen molar-refractivity contribution in [1.29, 1.82) is 0 Å². The van der Waals surface area contributed by atoms with E-state index >= 15 is 0 Å². The average molecular weight is 619 g/mol. The van der Waals surface area contributed by atoms with Crippen molar-refractivity contribution < 1.29 is 28.1 Å². The number of aromatic hydroxyl groups is 1. The van der Waals surface area contributed by atoms with Gasteiger partial charge in [0.05, 0.1) is 11.9 Å². The lowest BCUT2D eigenvalue weighted by Crippen LogP contribution is -2.64. The average Bonchev–Trinajstić information content (AvgIpc) is 3.59. The van der Waals surface area contributed by atoms with Crippen molar-refractivity contribution in [2.45, 2.75) is 69.1 Å². The maximum atomic E-state index is 13.1. The lowest BCUT2D eigenvalue weighted by Gasteiger charge is -2.56. The van der Waals surface area contributed by atoms with Gasteiger partial charge in [-0.1, -0.05) is 24.3 Å². The number of hydrogen-bond acceptors (Lipinski definition) is 8. The van der Waals surface area contributed by atoms with E-state index in [9.17, 15) is 23.4 Å². The first kappa shape index (κ1) is 28.3. The number of anilines is 1. The Kier molecular flexibility index (Phi) is 6.09. The minimum Gasteiger partial charge on any atom is -0.504 e. The third kappa shape index (κ3) is 4.04. The van der Waals surface area contributed by atoms with E-state index in [-0.39, 0.29) is 30.3 Å². The molecule has 2 aliphatic heterocycles. The van der Waals surface area contributed by atoms with Gasteiger partial charge in [0, 0.05) is 41.1 Å². The number of rotatable bonds is 5. The summed E-state index contributed by atoms with van der Waals surface area (Å²) in [6.07, 6.45) is 1.43. The number of aliphatic hydroxyl groups is 1. The molecule has 0 saturated carbocycles. The fourth-order valence-corrected chi connectivity index (χ4v) is 8.06. The molecule has 0 radical (unpaired) electrons. The summed E-state index contributed by atoms with van der Waals surface area (Å²) in [4.78, 5) is 16.9. The minimum absolute atomic E-state index is 0.0174. The molecule has 2 bridgehead atoms. The van der Waals surface area contributed by atoms with Gasteiger partial charge in [-0.05, 0) is 69.6 Å². The highest BCUT2D eigenvalue weighted by Gasteiger charge is 2.64. The van der Waals surface area contributed by atoms with Gasteiger partial charge in [0.1, 0.15) is 17.7 Å². The topological polar surface area (TPSA) is 109 Å². The number of nitrogens with zero attached hydrogens (tertiary/aromatic N) is 5. The Balaban J connectivity index is 1.27. The number of ether oxygens (including phenoxy) is 1. The Morgan fingerprint density at radius 2 is 1.93 bits per heavy atom. The second-order valence-electron chi connectivity index (χ2n) is 13.0. The molecule has 45 heavy (non-hydrogen) atoms. The van der Waals surface area contributed by atoms with E-state index in [0.29, 0.717) is 46.1 Å². The monoisotopic (exact) mass is 618 g/mol. The smallest absolute Gasteiger partial charge is 0.416 e. The zero-order chi connectivity index (χ0) is 31.4. The van der Waals surface area contributed by atoms with E-state index in [1.54, 1.807) is 12.4 Å². The zero-order valence-corrected chi connectivity index (χ0v) is 25.0. The highest BCUT2D eigenvalue weighted by atomic mass is 19.4. The first-order chi connectivity index (χ1) is 21.5. The Labute approximate surface area is 257 Å². The number of phenolic OH excluding ortho intramolecular Hbond substituents is 1. The van der Waals surface area contributed by atoms with Crippen LogP contribution in [0, 0.1) is 5.92 Å². The maximum absolute atomic E-state index is 13.1. The second-order valence-corrected chi connectivity index (χ2v) is 13.0. The number of piperidine rings is 1. The van der Waals surface area contributed by atoms with Crippen LogP contribution in [0.1, 0.15) is 48.6 Å². The van der Waals surface area contributed by atoms with Crippen molar-refractivity contribution in [1.82, 2.24) is 24.4 Å². The number of likely N-dealkylation sites (N-methyl/N-ethyl adjacent to an activating group) is 1. The molecule has 3 N–H and O–H groups in total. The number of benzene rings is 2. The van der Waals surface area contributed by atoms with Gasteiger partial charge in [-0.15, -0.1) is 0 Å². The van der Waals surface area contributed by atoms with Crippen molar-refractivity contribution in [3.05, 3.63) is 71.1 Å². The third-order valence-corrected chi connectivity index (χ3v) is 10.2. The Morgan fingerprint density at radius 3 is 2.67 bits per heavy atom. The number of nitrogens with one attached hydrogen (secondary N) is 1. The van der Waals surface area contributed by atoms with Gasteiger partial charge in [-0.2, -0.15) is 13.2 Å². The summed E-state index contributed by atoms with van der Waals surface area (Å²) in [5.41, 5.74) is 3.25. The summed E-state index contributed by atoms with van der Waals surface area (Å²) < 4.78 is 47.7. The number of aromatic nitrogens is 4. The molecule has 2 aromatic heterocycles. The van der Waals surface area contributed by atoms with Crippen LogP contribution < -0.4 is 10.1 Å². The van der Waals surface area contributed by atoms with Gasteiger partial charge in [-0.25, -0.2) is 15.0 Å². The summed E-state index contributed by atoms with van der Waals surface area (Å²) >= 11 is 0. The van der Waals surface area contributed by atoms with Crippen LogP contribution in [0.25, 0.3) is 22.6 Å². The van der Waals surface area contributed by atoms with Gasteiger partial charge in [0.15, 0.2) is 28.8 Å². The maximum Gasteiger partial charge on any atom is 0.416 e. The molecule has 1 spiro atoms. The summed E-state index contributed by atoms with van der Waals surface area (Å²) in [6.45, 7) is 5.12. The van der Waals surface area contributed by atoms with E-state index in [0.717, 1.165) is 36.2 Å². The van der Waals surface area contributed by atoms with Crippen LogP contribution in [-0.4, -0.2) is 66.5 Å². The van der Waals surface area contributed by atoms with Crippen LogP contribution in [-0.2, 0) is 24.6 Å². The highest BCUT2D eigenvalue weighted by molar-refractivity contribution is 5.86. The molecular weight excluding hydrogens is 585 g/mol. The minimum atomic E-state index is -4.41. The SMILES string of the molecule is CC(C)n1cnc2c(NCc3ccc(C(F)(F)F)cc3)nc(-c3cc(O)c4c5c3C[C@@H]3[C@@H]6C=C[C@H](O)[C@H](O4)[C@]56CCN3C)nc21. The summed E-state index contributed by atoms with van der Waals surface area (Å²) in [6, 6.07) is 6.89. The number of likely N-dealkylation sites (tertiary alicyclic amines) is 1. The van der Waals surface area contributed by atoms with Crippen LogP contribution in [0.4, 0.5) is 19.0 Å². The standard InChI is InChI=1S/C33H33F3N6O3/c1-16(2)42-15-38-26-30(37-14-17-4-6-18(7-5-17)33(34,35)36)39-29(40-31(26)42)20-13-24(44)27-25-19(20)12-22-21-8-9-23(43)28(45-27)32(21,25)10-11-41(22)3/h4-9,13,15-16,21-23,28,43-44H,10-12,14H2,1-3H3,(H,37,39,40)/t21-,22+,23-,28-,32-/m0/s1. The number of halogens is 3. The van der Waals surface area contributed by atoms with Crippen LogP contribution in [0.2, 0.25) is 0 Å². The molecule has 2 aromatic carbocycles. The lowest BCUT2D eigenvalue weighted by atomic mass is 9.53. The molecule has 0 amide bonds. The molecule has 4 aromatic rings. The van der Waals surface area contributed by atoms with Crippen LogP contribution in [0.3, 0.4) is 0 Å². The molecule has 8 rings (SSSR count). The predicted molar refractivity (Wildman–Crippen MR) is 161 cm³/mol. The van der Waals surface area contributed by atoms with Crippen LogP contribution in [0.5, 0.6) is 11.5 Å². The molecule has 4 heterocycles. The Bertz CT molecular complexity index is 1870. The van der Waals surface area contributed by atoms with Gasteiger partial charge in [0.2, 0.25) is 0 Å². The fraction of sp³-hybridized carbons (Fsp3) is 0.424. The predicted octanol–water partition coefficient (Wildman–Crippen LogP) is 5.22. The van der Waals surface area contributed by atoms with Crippen molar-refractivity contribution >= 4 is 17.0 Å². The van der Waals surface area contributed by atoms with Crippen molar-refractivity contribution in [3.8, 4) is 22.9 Å². The van der Waals surface area contributed by atoms with Gasteiger partial charge in [-0.3, -0.25) is 0 Å². The zero-order valence-electron chi connectivity index (χ0n) is 25.0. The van der Waals surface area contributed by atoms with Crippen molar-refractivity contribution in [3.63, 3.8) is 0 Å². The first-order valence-electron chi connectivity index (χ1n) is 15.2. The number of fused-ring (bicyclic) bond motifs is 1. The number of alkyl halides is 3. The molecular formula is C33H33F3N6O3.